The lowest BCUT2D eigenvalue weighted by Gasteiger charge is -2.23. The molecular formula is C12H11Cl2N3O. The van der Waals surface area contributed by atoms with Crippen LogP contribution in [0, 0.1) is 0 Å². The Morgan fingerprint density at radius 3 is 2.61 bits per heavy atom. The number of aliphatic hydroxyl groups is 1. The zero-order valence-corrected chi connectivity index (χ0v) is 10.9. The molecule has 0 spiro atoms. The van der Waals surface area contributed by atoms with Gasteiger partial charge in [0.05, 0.1) is 0 Å². The van der Waals surface area contributed by atoms with Gasteiger partial charge in [-0.3, -0.25) is 5.10 Å². The lowest BCUT2D eigenvalue weighted by molar-refractivity contribution is 0.0876. The molecule has 0 fully saturated rings. The van der Waals surface area contributed by atoms with E-state index in [0.29, 0.717) is 11.4 Å². The molecule has 0 aliphatic heterocycles. The monoisotopic (exact) mass is 283 g/mol. The van der Waals surface area contributed by atoms with Crippen LogP contribution in [0.15, 0.2) is 47.2 Å². The van der Waals surface area contributed by atoms with E-state index in [4.69, 9.17) is 23.2 Å². The van der Waals surface area contributed by atoms with E-state index in [1.54, 1.807) is 12.1 Å². The first-order valence-corrected chi connectivity index (χ1v) is 6.02. The maximum Gasteiger partial charge on any atom is 0.153 e. The van der Waals surface area contributed by atoms with E-state index < -0.39 is 5.60 Å². The van der Waals surface area contributed by atoms with Crippen LogP contribution in [0.3, 0.4) is 0 Å². The van der Waals surface area contributed by atoms with Gasteiger partial charge in [-0.2, -0.15) is 5.10 Å². The highest BCUT2D eigenvalue weighted by atomic mass is 35.5. The highest BCUT2D eigenvalue weighted by Crippen LogP contribution is 2.29. The Morgan fingerprint density at radius 2 is 2.06 bits per heavy atom. The van der Waals surface area contributed by atoms with E-state index in [-0.39, 0.29) is 10.9 Å². The minimum absolute atomic E-state index is 0.00288. The quantitative estimate of drug-likeness (QED) is 0.907. The van der Waals surface area contributed by atoms with Crippen molar-refractivity contribution in [1.82, 2.24) is 15.2 Å². The predicted octanol–water partition coefficient (Wildman–Crippen LogP) is 2.55. The summed E-state index contributed by atoms with van der Waals surface area (Å²) in [7, 11) is 0. The smallest absolute Gasteiger partial charge is 0.153 e. The van der Waals surface area contributed by atoms with Crippen molar-refractivity contribution in [2.24, 2.45) is 0 Å². The van der Waals surface area contributed by atoms with Crippen LogP contribution in [0.2, 0.25) is 0 Å². The molecule has 1 aromatic heterocycles. The summed E-state index contributed by atoms with van der Waals surface area (Å²) in [6.07, 6.45) is 3.01. The number of rotatable bonds is 4. The van der Waals surface area contributed by atoms with E-state index >= 15 is 0 Å². The van der Waals surface area contributed by atoms with Crippen LogP contribution in [0.1, 0.15) is 11.4 Å². The third-order valence-corrected chi connectivity index (χ3v) is 2.73. The topological polar surface area (TPSA) is 61.8 Å². The Kier molecular flexibility index (Phi) is 4.01. The van der Waals surface area contributed by atoms with Crippen LogP contribution in [-0.4, -0.2) is 20.3 Å². The molecule has 0 saturated heterocycles. The fraction of sp³-hybridized carbons (Fsp3) is 0.167. The second-order valence-electron chi connectivity index (χ2n) is 3.82. The zero-order chi connectivity index (χ0) is 13.0. The van der Waals surface area contributed by atoms with Crippen LogP contribution in [0.5, 0.6) is 0 Å². The van der Waals surface area contributed by atoms with Crippen molar-refractivity contribution in [2.75, 3.05) is 0 Å². The highest BCUT2D eigenvalue weighted by Gasteiger charge is 2.29. The van der Waals surface area contributed by atoms with Gasteiger partial charge in [0, 0.05) is 6.42 Å². The molecule has 2 aromatic rings. The molecule has 0 aliphatic carbocycles. The Hall–Kier alpha value is -1.36. The van der Waals surface area contributed by atoms with Gasteiger partial charge >= 0.3 is 0 Å². The average Bonchev–Trinajstić information content (AvgIpc) is 2.81. The summed E-state index contributed by atoms with van der Waals surface area (Å²) < 4.78 is -0.00288. The van der Waals surface area contributed by atoms with Crippen LogP contribution >= 0.6 is 23.2 Å². The van der Waals surface area contributed by atoms with Gasteiger partial charge in [0.25, 0.3) is 0 Å². The standard InChI is InChI=1S/C12H11Cl2N3O/c13-10(14)6-12(18,7-11-15-8-16-17-11)9-4-2-1-3-5-9/h1-6,8,18H,7H2,(H,15,16,17). The molecule has 94 valence electrons. The number of aromatic nitrogens is 3. The molecule has 6 heteroatoms. The summed E-state index contributed by atoms with van der Waals surface area (Å²) in [4.78, 5) is 3.99. The number of hydrogen-bond donors (Lipinski definition) is 2. The number of halogens is 2. The minimum atomic E-state index is -1.33. The van der Waals surface area contributed by atoms with Crippen molar-refractivity contribution >= 4 is 23.2 Å². The van der Waals surface area contributed by atoms with Crippen molar-refractivity contribution < 1.29 is 5.11 Å². The molecule has 2 N–H and O–H groups in total. The van der Waals surface area contributed by atoms with Gasteiger partial charge in [-0.1, -0.05) is 53.5 Å². The number of benzene rings is 1. The molecular weight excluding hydrogens is 273 g/mol. The summed E-state index contributed by atoms with van der Waals surface area (Å²) in [5.74, 6) is 0.479. The van der Waals surface area contributed by atoms with Gasteiger partial charge in [-0.25, -0.2) is 4.98 Å². The van der Waals surface area contributed by atoms with Crippen LogP contribution < -0.4 is 0 Å². The van der Waals surface area contributed by atoms with Crippen LogP contribution in [0.4, 0.5) is 0 Å². The largest absolute Gasteiger partial charge is 0.380 e. The molecule has 0 aliphatic rings. The third kappa shape index (κ3) is 3.10. The predicted molar refractivity (Wildman–Crippen MR) is 70.2 cm³/mol. The summed E-state index contributed by atoms with van der Waals surface area (Å²) in [6.45, 7) is 0. The molecule has 0 saturated carbocycles. The molecule has 18 heavy (non-hydrogen) atoms. The fourth-order valence-corrected chi connectivity index (χ4v) is 2.07. The summed E-state index contributed by atoms with van der Waals surface area (Å²) >= 11 is 11.3. The number of aromatic amines is 1. The maximum atomic E-state index is 10.7. The van der Waals surface area contributed by atoms with Gasteiger partial charge in [0.15, 0.2) is 5.82 Å². The van der Waals surface area contributed by atoms with Crippen LogP contribution in [0.25, 0.3) is 0 Å². The minimum Gasteiger partial charge on any atom is -0.380 e. The molecule has 2 rings (SSSR count). The Morgan fingerprint density at radius 1 is 1.33 bits per heavy atom. The number of nitrogens with zero attached hydrogens (tertiary/aromatic N) is 2. The van der Waals surface area contributed by atoms with Gasteiger partial charge in [-0.05, 0) is 11.6 Å². The molecule has 1 aromatic carbocycles. The summed E-state index contributed by atoms with van der Waals surface area (Å²) in [5.41, 5.74) is -0.656. The second-order valence-corrected chi connectivity index (χ2v) is 4.82. The van der Waals surface area contributed by atoms with Crippen molar-refractivity contribution in [3.63, 3.8) is 0 Å². The molecule has 0 radical (unpaired) electrons. The van der Waals surface area contributed by atoms with E-state index in [2.05, 4.69) is 15.2 Å². The first-order chi connectivity index (χ1) is 8.60. The zero-order valence-electron chi connectivity index (χ0n) is 9.35. The normalized spacial score (nSPS) is 13.9. The average molecular weight is 284 g/mol. The second kappa shape index (κ2) is 5.52. The van der Waals surface area contributed by atoms with Crippen molar-refractivity contribution in [3.8, 4) is 0 Å². The van der Waals surface area contributed by atoms with Gasteiger partial charge in [0.2, 0.25) is 0 Å². The van der Waals surface area contributed by atoms with Crippen molar-refractivity contribution in [2.45, 2.75) is 12.0 Å². The first-order valence-electron chi connectivity index (χ1n) is 5.26. The van der Waals surface area contributed by atoms with E-state index in [0.717, 1.165) is 0 Å². The molecule has 0 bridgehead atoms. The van der Waals surface area contributed by atoms with Gasteiger partial charge in [-0.15, -0.1) is 0 Å². The van der Waals surface area contributed by atoms with E-state index in [9.17, 15) is 5.11 Å². The summed E-state index contributed by atoms with van der Waals surface area (Å²) in [5, 5.41) is 17.2. The molecule has 1 atom stereocenters. The number of H-pyrrole nitrogens is 1. The van der Waals surface area contributed by atoms with Crippen LogP contribution in [-0.2, 0) is 12.0 Å². The Bertz CT molecular complexity index is 524. The Labute approximate surface area is 114 Å². The van der Waals surface area contributed by atoms with Gasteiger partial charge in [0.1, 0.15) is 16.4 Å². The SMILES string of the molecule is OC(C=C(Cl)Cl)(Cc1nc[nH]n1)c1ccccc1. The first kappa shape index (κ1) is 13.1. The highest BCUT2D eigenvalue weighted by molar-refractivity contribution is 6.55. The van der Waals surface area contributed by atoms with Crippen molar-refractivity contribution in [3.05, 3.63) is 58.6 Å². The lowest BCUT2D eigenvalue weighted by atomic mass is 9.90. The Balaban J connectivity index is 2.38. The molecule has 0 amide bonds. The van der Waals surface area contributed by atoms with Crippen molar-refractivity contribution in [1.29, 1.82) is 0 Å². The van der Waals surface area contributed by atoms with E-state index in [1.807, 2.05) is 18.2 Å². The number of hydrogen-bond acceptors (Lipinski definition) is 3. The number of nitrogens with one attached hydrogen (secondary N) is 1. The lowest BCUT2D eigenvalue weighted by Crippen LogP contribution is -2.26. The molecule has 4 nitrogen and oxygen atoms in total. The maximum absolute atomic E-state index is 10.7. The van der Waals surface area contributed by atoms with E-state index in [1.165, 1.54) is 12.4 Å². The summed E-state index contributed by atoms with van der Waals surface area (Å²) in [6, 6.07) is 9.10. The van der Waals surface area contributed by atoms with Gasteiger partial charge < -0.3 is 5.11 Å². The third-order valence-electron chi connectivity index (χ3n) is 2.51. The molecule has 1 heterocycles. The fourth-order valence-electron chi connectivity index (χ4n) is 1.71. The molecule has 1 unspecified atom stereocenters.